The smallest absolute Gasteiger partial charge is 0.161 e. The summed E-state index contributed by atoms with van der Waals surface area (Å²) < 4.78 is 11.5. The van der Waals surface area contributed by atoms with Crippen molar-refractivity contribution in [3.05, 3.63) is 58.7 Å². The van der Waals surface area contributed by atoms with E-state index in [0.29, 0.717) is 6.61 Å². The van der Waals surface area contributed by atoms with Gasteiger partial charge < -0.3 is 14.8 Å². The average molecular weight is 313 g/mol. The molecule has 23 heavy (non-hydrogen) atoms. The molecule has 0 saturated heterocycles. The van der Waals surface area contributed by atoms with Crippen LogP contribution in [-0.2, 0) is 13.2 Å². The molecule has 0 amide bonds. The van der Waals surface area contributed by atoms with Crippen LogP contribution in [0.3, 0.4) is 0 Å². The fourth-order valence-corrected chi connectivity index (χ4v) is 2.46. The molecule has 2 aromatic rings. The Morgan fingerprint density at radius 3 is 2.57 bits per heavy atom. The highest BCUT2D eigenvalue weighted by molar-refractivity contribution is 5.43. The molecule has 1 N–H and O–H groups in total. The van der Waals surface area contributed by atoms with Crippen LogP contribution in [0.25, 0.3) is 0 Å². The van der Waals surface area contributed by atoms with Gasteiger partial charge in [0.15, 0.2) is 11.5 Å². The van der Waals surface area contributed by atoms with Crippen molar-refractivity contribution in [1.29, 1.82) is 0 Å². The molecule has 0 atom stereocenters. The number of hydrogen-bond donors (Lipinski definition) is 1. The van der Waals surface area contributed by atoms with E-state index in [0.717, 1.165) is 31.0 Å². The second-order valence-corrected chi connectivity index (χ2v) is 5.88. The van der Waals surface area contributed by atoms with E-state index in [-0.39, 0.29) is 0 Å². The Hall–Kier alpha value is -2.00. The van der Waals surface area contributed by atoms with Crippen LogP contribution in [-0.4, -0.2) is 13.7 Å². The summed E-state index contributed by atoms with van der Waals surface area (Å²) in [5, 5.41) is 3.40. The monoisotopic (exact) mass is 313 g/mol. The SMILES string of the molecule is CCCNCc1ccc(OCc2cc(C)ccc2C)c(OC)c1. The van der Waals surface area contributed by atoms with Crippen molar-refractivity contribution < 1.29 is 9.47 Å². The third kappa shape index (κ3) is 5.00. The van der Waals surface area contributed by atoms with Gasteiger partial charge >= 0.3 is 0 Å². The topological polar surface area (TPSA) is 30.5 Å². The Morgan fingerprint density at radius 1 is 1.00 bits per heavy atom. The first-order valence-corrected chi connectivity index (χ1v) is 8.20. The predicted octanol–water partition coefficient (Wildman–Crippen LogP) is 4.39. The van der Waals surface area contributed by atoms with E-state index >= 15 is 0 Å². The van der Waals surface area contributed by atoms with Crippen LogP contribution in [0.2, 0.25) is 0 Å². The number of methoxy groups -OCH3 is 1. The summed E-state index contributed by atoms with van der Waals surface area (Å²) in [7, 11) is 1.68. The highest BCUT2D eigenvalue weighted by atomic mass is 16.5. The van der Waals surface area contributed by atoms with Gasteiger partial charge in [-0.2, -0.15) is 0 Å². The highest BCUT2D eigenvalue weighted by Gasteiger charge is 2.07. The summed E-state index contributed by atoms with van der Waals surface area (Å²) >= 11 is 0. The Kier molecular flexibility index (Phi) is 6.48. The van der Waals surface area contributed by atoms with Gasteiger partial charge in [0.2, 0.25) is 0 Å². The molecule has 0 aliphatic rings. The highest BCUT2D eigenvalue weighted by Crippen LogP contribution is 2.29. The van der Waals surface area contributed by atoms with Crippen LogP contribution in [0.1, 0.15) is 35.6 Å². The van der Waals surface area contributed by atoms with Gasteiger partial charge in [0, 0.05) is 6.54 Å². The lowest BCUT2D eigenvalue weighted by Crippen LogP contribution is -2.13. The van der Waals surface area contributed by atoms with Crippen LogP contribution in [0.4, 0.5) is 0 Å². The lowest BCUT2D eigenvalue weighted by molar-refractivity contribution is 0.283. The molecule has 0 saturated carbocycles. The molecule has 124 valence electrons. The largest absolute Gasteiger partial charge is 0.493 e. The summed E-state index contributed by atoms with van der Waals surface area (Å²) in [6.07, 6.45) is 1.13. The van der Waals surface area contributed by atoms with Gasteiger partial charge in [0.05, 0.1) is 7.11 Å². The van der Waals surface area contributed by atoms with Crippen molar-refractivity contribution in [3.63, 3.8) is 0 Å². The third-order valence-electron chi connectivity index (χ3n) is 3.87. The summed E-state index contributed by atoms with van der Waals surface area (Å²) in [4.78, 5) is 0. The molecule has 3 nitrogen and oxygen atoms in total. The molecule has 0 spiro atoms. The fourth-order valence-electron chi connectivity index (χ4n) is 2.46. The number of nitrogens with one attached hydrogen (secondary N) is 1. The van der Waals surface area contributed by atoms with E-state index in [9.17, 15) is 0 Å². The Morgan fingerprint density at radius 2 is 1.83 bits per heavy atom. The standard InChI is InChI=1S/C20H27NO2/c1-5-10-21-13-17-8-9-19(20(12-17)22-4)23-14-18-11-15(2)6-7-16(18)3/h6-9,11-12,21H,5,10,13-14H2,1-4H3. The van der Waals surface area contributed by atoms with E-state index < -0.39 is 0 Å². The Bertz CT molecular complexity index is 638. The van der Waals surface area contributed by atoms with E-state index in [4.69, 9.17) is 9.47 Å². The molecule has 0 unspecified atom stereocenters. The van der Waals surface area contributed by atoms with Gasteiger partial charge in [-0.3, -0.25) is 0 Å². The molecule has 2 aromatic carbocycles. The summed E-state index contributed by atoms with van der Waals surface area (Å²) in [6, 6.07) is 12.5. The molecule has 3 heteroatoms. The first kappa shape index (κ1) is 17.4. The Balaban J connectivity index is 2.05. The van der Waals surface area contributed by atoms with Crippen molar-refractivity contribution >= 4 is 0 Å². The predicted molar refractivity (Wildman–Crippen MR) is 95.2 cm³/mol. The third-order valence-corrected chi connectivity index (χ3v) is 3.87. The van der Waals surface area contributed by atoms with Crippen LogP contribution in [0, 0.1) is 13.8 Å². The minimum absolute atomic E-state index is 0.553. The van der Waals surface area contributed by atoms with Gasteiger partial charge in [-0.25, -0.2) is 0 Å². The molecule has 0 aliphatic carbocycles. The van der Waals surface area contributed by atoms with Crippen molar-refractivity contribution in [2.24, 2.45) is 0 Å². The lowest BCUT2D eigenvalue weighted by atomic mass is 10.1. The molecular formula is C20H27NO2. The van der Waals surface area contributed by atoms with Gasteiger partial charge in [0.1, 0.15) is 6.61 Å². The molecule has 0 aromatic heterocycles. The maximum atomic E-state index is 5.99. The summed E-state index contributed by atoms with van der Waals surface area (Å²) in [5.74, 6) is 1.57. The van der Waals surface area contributed by atoms with Crippen LogP contribution >= 0.6 is 0 Å². The normalized spacial score (nSPS) is 10.6. The summed E-state index contributed by atoms with van der Waals surface area (Å²) in [5.41, 5.74) is 4.91. The molecule has 0 heterocycles. The van der Waals surface area contributed by atoms with Gasteiger partial charge in [-0.05, 0) is 55.6 Å². The zero-order valence-electron chi connectivity index (χ0n) is 14.6. The summed E-state index contributed by atoms with van der Waals surface area (Å²) in [6.45, 7) is 8.79. The molecule has 0 aliphatic heterocycles. The fraction of sp³-hybridized carbons (Fsp3) is 0.400. The molecule has 0 bridgehead atoms. The minimum atomic E-state index is 0.553. The maximum absolute atomic E-state index is 5.99. The quantitative estimate of drug-likeness (QED) is 0.733. The Labute approximate surface area is 139 Å². The number of aryl methyl sites for hydroxylation is 2. The molecule has 0 radical (unpaired) electrons. The number of ether oxygens (including phenoxy) is 2. The number of rotatable bonds is 8. The second kappa shape index (κ2) is 8.59. The van der Waals surface area contributed by atoms with Gasteiger partial charge in [0.25, 0.3) is 0 Å². The zero-order chi connectivity index (χ0) is 16.7. The average Bonchev–Trinajstić information content (AvgIpc) is 2.56. The second-order valence-electron chi connectivity index (χ2n) is 5.88. The number of hydrogen-bond acceptors (Lipinski definition) is 3. The van der Waals surface area contributed by atoms with Gasteiger partial charge in [-0.1, -0.05) is 36.8 Å². The van der Waals surface area contributed by atoms with Crippen molar-refractivity contribution in [1.82, 2.24) is 5.32 Å². The van der Waals surface area contributed by atoms with E-state index in [1.165, 1.54) is 22.3 Å². The zero-order valence-corrected chi connectivity index (χ0v) is 14.6. The van der Waals surface area contributed by atoms with Crippen molar-refractivity contribution in [2.45, 2.75) is 40.3 Å². The van der Waals surface area contributed by atoms with Crippen LogP contribution in [0.15, 0.2) is 36.4 Å². The van der Waals surface area contributed by atoms with E-state index in [1.807, 2.05) is 12.1 Å². The molecule has 2 rings (SSSR count). The van der Waals surface area contributed by atoms with Crippen LogP contribution in [0.5, 0.6) is 11.5 Å². The van der Waals surface area contributed by atoms with Crippen molar-refractivity contribution in [3.8, 4) is 11.5 Å². The molecule has 0 fully saturated rings. The van der Waals surface area contributed by atoms with Crippen molar-refractivity contribution in [2.75, 3.05) is 13.7 Å². The van der Waals surface area contributed by atoms with E-state index in [1.54, 1.807) is 7.11 Å². The van der Waals surface area contributed by atoms with Gasteiger partial charge in [-0.15, -0.1) is 0 Å². The maximum Gasteiger partial charge on any atom is 0.161 e. The first-order chi connectivity index (χ1) is 11.1. The first-order valence-electron chi connectivity index (χ1n) is 8.20. The van der Waals surface area contributed by atoms with E-state index in [2.05, 4.69) is 50.4 Å². The molecular weight excluding hydrogens is 286 g/mol. The minimum Gasteiger partial charge on any atom is -0.493 e. The van der Waals surface area contributed by atoms with Crippen LogP contribution < -0.4 is 14.8 Å². The number of benzene rings is 2. The lowest BCUT2D eigenvalue weighted by Gasteiger charge is -2.14.